The van der Waals surface area contributed by atoms with Gasteiger partial charge >= 0.3 is 0 Å². The highest BCUT2D eigenvalue weighted by molar-refractivity contribution is 5.98. The number of nitrogens with one attached hydrogen (secondary N) is 1. The SMILES string of the molecule is CONC(=O)C(O)C(Cc1ccccc1)N([O-])C(=O)c1cccnc1-n1cc2cc(F)ccc2n1. The van der Waals surface area contributed by atoms with Crippen molar-refractivity contribution in [1.82, 2.24) is 25.3 Å². The van der Waals surface area contributed by atoms with Crippen LogP contribution in [0.5, 0.6) is 0 Å². The van der Waals surface area contributed by atoms with Crippen molar-refractivity contribution in [3.05, 3.63) is 95.2 Å². The van der Waals surface area contributed by atoms with E-state index in [1.54, 1.807) is 30.3 Å². The highest BCUT2D eigenvalue weighted by Gasteiger charge is 2.31. The molecule has 0 aliphatic heterocycles. The van der Waals surface area contributed by atoms with Crippen molar-refractivity contribution in [1.29, 1.82) is 0 Å². The lowest BCUT2D eigenvalue weighted by Crippen LogP contribution is -2.51. The van der Waals surface area contributed by atoms with Gasteiger partial charge in [-0.15, -0.1) is 0 Å². The molecule has 0 aliphatic rings. The number of aliphatic hydroxyl groups is 1. The van der Waals surface area contributed by atoms with Gasteiger partial charge in [0.15, 0.2) is 11.9 Å². The van der Waals surface area contributed by atoms with Gasteiger partial charge < -0.3 is 15.4 Å². The fourth-order valence-corrected chi connectivity index (χ4v) is 3.63. The van der Waals surface area contributed by atoms with Crippen LogP contribution < -0.4 is 5.48 Å². The largest absolute Gasteiger partial charge is 0.756 e. The molecule has 2 N–H and O–H groups in total. The van der Waals surface area contributed by atoms with E-state index in [0.29, 0.717) is 16.5 Å². The zero-order chi connectivity index (χ0) is 24.9. The van der Waals surface area contributed by atoms with Crippen LogP contribution in [0.2, 0.25) is 0 Å². The number of nitrogens with zero attached hydrogens (tertiary/aromatic N) is 4. The molecular weight excluding hydrogens is 457 g/mol. The van der Waals surface area contributed by atoms with Gasteiger partial charge in [-0.3, -0.25) is 14.4 Å². The molecule has 4 aromatic rings. The van der Waals surface area contributed by atoms with E-state index in [-0.39, 0.29) is 22.9 Å². The zero-order valence-electron chi connectivity index (χ0n) is 18.5. The molecule has 2 unspecified atom stereocenters. The molecule has 2 atom stereocenters. The summed E-state index contributed by atoms with van der Waals surface area (Å²) in [6.07, 6.45) is 0.910. The summed E-state index contributed by atoms with van der Waals surface area (Å²) in [6.45, 7) is 0. The molecule has 35 heavy (non-hydrogen) atoms. The maximum Gasteiger partial charge on any atom is 0.274 e. The average Bonchev–Trinajstić information content (AvgIpc) is 3.30. The third-order valence-corrected chi connectivity index (χ3v) is 5.33. The predicted molar refractivity (Wildman–Crippen MR) is 123 cm³/mol. The summed E-state index contributed by atoms with van der Waals surface area (Å²) in [7, 11) is 1.18. The Kier molecular flexibility index (Phi) is 7.11. The number of aliphatic hydroxyl groups excluding tert-OH is 1. The van der Waals surface area contributed by atoms with Crippen molar-refractivity contribution in [2.45, 2.75) is 18.6 Å². The number of halogens is 1. The molecule has 0 bridgehead atoms. The Morgan fingerprint density at radius 3 is 2.71 bits per heavy atom. The summed E-state index contributed by atoms with van der Waals surface area (Å²) < 4.78 is 14.9. The van der Waals surface area contributed by atoms with Crippen LogP contribution in [0, 0.1) is 11.0 Å². The maximum absolute atomic E-state index is 13.6. The fourth-order valence-electron chi connectivity index (χ4n) is 3.63. The van der Waals surface area contributed by atoms with E-state index in [9.17, 15) is 24.3 Å². The summed E-state index contributed by atoms with van der Waals surface area (Å²) in [5.74, 6) is -2.44. The van der Waals surface area contributed by atoms with E-state index in [4.69, 9.17) is 0 Å². The van der Waals surface area contributed by atoms with Gasteiger partial charge in [0.05, 0.1) is 24.2 Å². The number of rotatable bonds is 8. The summed E-state index contributed by atoms with van der Waals surface area (Å²) in [5.41, 5.74) is 2.95. The first kappa shape index (κ1) is 24.0. The van der Waals surface area contributed by atoms with Crippen molar-refractivity contribution in [3.8, 4) is 5.82 Å². The van der Waals surface area contributed by atoms with Gasteiger partial charge in [-0.1, -0.05) is 30.3 Å². The molecule has 2 heterocycles. The second kappa shape index (κ2) is 10.4. The molecule has 0 fully saturated rings. The summed E-state index contributed by atoms with van der Waals surface area (Å²) in [6, 6.07) is 14.0. The number of fused-ring (bicyclic) bond motifs is 1. The lowest BCUT2D eigenvalue weighted by molar-refractivity contribution is -0.142. The molecule has 11 heteroatoms. The minimum Gasteiger partial charge on any atom is -0.756 e. The van der Waals surface area contributed by atoms with Crippen LogP contribution in [0.4, 0.5) is 4.39 Å². The van der Waals surface area contributed by atoms with Crippen molar-refractivity contribution in [3.63, 3.8) is 0 Å². The Morgan fingerprint density at radius 1 is 1.20 bits per heavy atom. The molecule has 0 aliphatic carbocycles. The van der Waals surface area contributed by atoms with Crippen molar-refractivity contribution in [2.75, 3.05) is 7.11 Å². The van der Waals surface area contributed by atoms with Gasteiger partial charge in [-0.2, -0.15) is 5.10 Å². The predicted octanol–water partition coefficient (Wildman–Crippen LogP) is 2.15. The molecule has 0 spiro atoms. The van der Waals surface area contributed by atoms with Crippen LogP contribution >= 0.6 is 0 Å². The topological polar surface area (TPSA) is 133 Å². The van der Waals surface area contributed by atoms with E-state index < -0.39 is 29.8 Å². The van der Waals surface area contributed by atoms with E-state index in [0.717, 1.165) is 0 Å². The van der Waals surface area contributed by atoms with Gasteiger partial charge in [0.25, 0.3) is 5.91 Å². The van der Waals surface area contributed by atoms with Crippen LogP contribution in [0.25, 0.3) is 16.7 Å². The van der Waals surface area contributed by atoms with Crippen molar-refractivity contribution < 1.29 is 23.9 Å². The Balaban J connectivity index is 1.69. The van der Waals surface area contributed by atoms with Gasteiger partial charge in [0, 0.05) is 17.8 Å². The Labute approximate surface area is 199 Å². The Bertz CT molecular complexity index is 1350. The number of carbonyl (C=O) groups is 2. The fraction of sp³-hybridized carbons (Fsp3) is 0.167. The van der Waals surface area contributed by atoms with Gasteiger partial charge in [-0.25, -0.2) is 19.5 Å². The molecule has 4 rings (SSSR count). The molecule has 0 saturated heterocycles. The molecule has 10 nitrogen and oxygen atoms in total. The summed E-state index contributed by atoms with van der Waals surface area (Å²) in [5, 5.41) is 28.7. The average molecular weight is 478 g/mol. The summed E-state index contributed by atoms with van der Waals surface area (Å²) >= 11 is 0. The van der Waals surface area contributed by atoms with E-state index in [1.807, 2.05) is 5.48 Å². The zero-order valence-corrected chi connectivity index (χ0v) is 18.5. The minimum atomic E-state index is -1.88. The number of carbonyl (C=O) groups excluding carboxylic acids is 2. The number of amides is 2. The van der Waals surface area contributed by atoms with Crippen molar-refractivity contribution >= 4 is 22.7 Å². The van der Waals surface area contributed by atoms with Crippen LogP contribution in [0.1, 0.15) is 15.9 Å². The highest BCUT2D eigenvalue weighted by atomic mass is 19.1. The highest BCUT2D eigenvalue weighted by Crippen LogP contribution is 2.21. The molecule has 2 aromatic carbocycles. The van der Waals surface area contributed by atoms with Crippen LogP contribution in [-0.2, 0) is 16.1 Å². The minimum absolute atomic E-state index is 0.0317. The maximum atomic E-state index is 13.6. The first-order chi connectivity index (χ1) is 16.9. The molecule has 2 amide bonds. The van der Waals surface area contributed by atoms with Crippen LogP contribution in [0.15, 0.2) is 73.1 Å². The number of pyridine rings is 1. The number of hydrogen-bond donors (Lipinski definition) is 2. The molecule has 180 valence electrons. The van der Waals surface area contributed by atoms with Gasteiger partial charge in [-0.05, 0) is 42.3 Å². The third kappa shape index (κ3) is 5.17. The second-order valence-corrected chi connectivity index (χ2v) is 7.65. The lowest BCUT2D eigenvalue weighted by Gasteiger charge is -2.39. The number of hydrogen-bond acceptors (Lipinski definition) is 7. The molecule has 0 saturated carbocycles. The monoisotopic (exact) mass is 478 g/mol. The summed E-state index contributed by atoms with van der Waals surface area (Å²) in [4.78, 5) is 34.3. The number of benzene rings is 2. The van der Waals surface area contributed by atoms with E-state index >= 15 is 0 Å². The molecule has 2 aromatic heterocycles. The molecular formula is C24H21FN5O5-. The smallest absolute Gasteiger partial charge is 0.274 e. The first-order valence-corrected chi connectivity index (χ1v) is 10.5. The second-order valence-electron chi connectivity index (χ2n) is 7.65. The Morgan fingerprint density at radius 2 is 1.97 bits per heavy atom. The van der Waals surface area contributed by atoms with Crippen LogP contribution in [0.3, 0.4) is 0 Å². The Hall–Kier alpha value is -4.19. The standard InChI is InChI=1S/C24H21FN5O5/c1-35-28-23(32)21(31)20(12-15-6-3-2-4-7-15)30(34)24(33)18-8-5-11-26-22(18)29-14-16-13-17(25)9-10-19(16)27-29/h2-11,13-14,20-21,31H,12H2,1H3,(H,28,32)/q-1. The quantitative estimate of drug-likeness (QED) is 0.371. The normalized spacial score (nSPS) is 12.8. The van der Waals surface area contributed by atoms with E-state index in [1.165, 1.54) is 54.5 Å². The lowest BCUT2D eigenvalue weighted by atomic mass is 10.00. The number of hydroxylamine groups is 3. The van der Waals surface area contributed by atoms with Crippen LogP contribution in [-0.4, -0.2) is 56.0 Å². The van der Waals surface area contributed by atoms with Crippen molar-refractivity contribution in [2.24, 2.45) is 0 Å². The molecule has 0 radical (unpaired) electrons. The van der Waals surface area contributed by atoms with Gasteiger partial charge in [0.1, 0.15) is 5.82 Å². The first-order valence-electron chi connectivity index (χ1n) is 10.5. The number of aromatic nitrogens is 3. The van der Waals surface area contributed by atoms with Gasteiger partial charge in [0.2, 0.25) is 5.91 Å². The van der Waals surface area contributed by atoms with E-state index in [2.05, 4.69) is 14.9 Å². The third-order valence-electron chi connectivity index (χ3n) is 5.33.